The SMILES string of the molecule is CN(NC(=O)Cc1cccc(F)c1Cl)[C@H](COC(=O)Nc1nc2ccccc2o1)C[C@@H](O)CO. The number of hydrogen-bond acceptors (Lipinski definition) is 8. The van der Waals surface area contributed by atoms with Crippen LogP contribution < -0.4 is 10.7 Å². The van der Waals surface area contributed by atoms with E-state index in [9.17, 15) is 24.2 Å². The minimum atomic E-state index is -1.12. The van der Waals surface area contributed by atoms with Gasteiger partial charge in [-0.3, -0.25) is 10.2 Å². The Kier molecular flexibility index (Phi) is 8.77. The summed E-state index contributed by atoms with van der Waals surface area (Å²) in [4.78, 5) is 28.7. The number of fused-ring (bicyclic) bond motifs is 1. The lowest BCUT2D eigenvalue weighted by Gasteiger charge is -2.29. The van der Waals surface area contributed by atoms with E-state index in [1.165, 1.54) is 30.3 Å². The molecule has 182 valence electrons. The Hall–Kier alpha value is -3.25. The predicted octanol–water partition coefficient (Wildman–Crippen LogP) is 2.49. The maximum absolute atomic E-state index is 13.6. The van der Waals surface area contributed by atoms with Crippen molar-refractivity contribution in [3.8, 4) is 0 Å². The molecule has 2 amide bonds. The number of benzene rings is 2. The van der Waals surface area contributed by atoms with Crippen molar-refractivity contribution in [2.24, 2.45) is 0 Å². The highest BCUT2D eigenvalue weighted by Crippen LogP contribution is 2.20. The highest BCUT2D eigenvalue weighted by Gasteiger charge is 2.23. The lowest BCUT2D eigenvalue weighted by Crippen LogP contribution is -2.50. The average molecular weight is 495 g/mol. The molecule has 0 spiro atoms. The molecule has 0 saturated heterocycles. The van der Waals surface area contributed by atoms with Gasteiger partial charge in [0.25, 0.3) is 0 Å². The standard InChI is InChI=1S/C22H24ClFN4O6/c1-28(27-19(31)9-13-5-4-6-16(24)20(13)23)14(10-15(30)11-29)12-33-22(32)26-21-25-17-7-2-3-8-18(17)34-21/h2-8,14-15,29-30H,9-12H2,1H3,(H,27,31)(H,25,26,32)/t14-,15+/m0/s1. The third kappa shape index (κ3) is 6.87. The minimum Gasteiger partial charge on any atom is -0.447 e. The number of anilines is 1. The second-order valence-corrected chi connectivity index (χ2v) is 7.85. The van der Waals surface area contributed by atoms with Gasteiger partial charge >= 0.3 is 12.1 Å². The van der Waals surface area contributed by atoms with Crippen LogP contribution in [0.3, 0.4) is 0 Å². The molecule has 2 atom stereocenters. The summed E-state index contributed by atoms with van der Waals surface area (Å²) in [6.45, 7) is -0.771. The number of amides is 2. The van der Waals surface area contributed by atoms with Crippen molar-refractivity contribution in [3.05, 3.63) is 58.9 Å². The van der Waals surface area contributed by atoms with Crippen molar-refractivity contribution in [1.29, 1.82) is 0 Å². The molecule has 0 unspecified atom stereocenters. The van der Waals surface area contributed by atoms with Crippen LogP contribution >= 0.6 is 11.6 Å². The molecule has 12 heteroatoms. The average Bonchev–Trinajstić information content (AvgIpc) is 3.21. The summed E-state index contributed by atoms with van der Waals surface area (Å²) < 4.78 is 24.2. The van der Waals surface area contributed by atoms with Gasteiger partial charge in [-0.2, -0.15) is 4.98 Å². The number of oxazole rings is 1. The third-order valence-corrected chi connectivity index (χ3v) is 5.32. The van der Waals surface area contributed by atoms with Gasteiger partial charge in [-0.15, -0.1) is 0 Å². The Labute approximate surface area is 199 Å². The number of para-hydroxylation sites is 2. The molecule has 1 aromatic heterocycles. The molecule has 3 rings (SSSR count). The van der Waals surface area contributed by atoms with Gasteiger partial charge in [-0.05, 0) is 30.2 Å². The van der Waals surface area contributed by atoms with Crippen LogP contribution in [0, 0.1) is 5.82 Å². The summed E-state index contributed by atoms with van der Waals surface area (Å²) in [5.74, 6) is -1.14. The normalized spacial score (nSPS) is 13.0. The van der Waals surface area contributed by atoms with Crippen molar-refractivity contribution >= 4 is 40.7 Å². The highest BCUT2D eigenvalue weighted by atomic mass is 35.5. The third-order valence-electron chi connectivity index (χ3n) is 4.90. The van der Waals surface area contributed by atoms with E-state index in [-0.39, 0.29) is 30.5 Å². The smallest absolute Gasteiger partial charge is 0.415 e. The van der Waals surface area contributed by atoms with Crippen molar-refractivity contribution in [1.82, 2.24) is 15.4 Å². The number of aromatic nitrogens is 1. The molecule has 4 N–H and O–H groups in total. The number of nitrogens with zero attached hydrogens (tertiary/aromatic N) is 2. The van der Waals surface area contributed by atoms with Gasteiger partial charge in [-0.25, -0.2) is 19.5 Å². The summed E-state index contributed by atoms with van der Waals surface area (Å²) >= 11 is 5.89. The van der Waals surface area contributed by atoms with Gasteiger partial charge in [0.1, 0.15) is 17.9 Å². The Bertz CT molecular complexity index is 1110. The first-order valence-corrected chi connectivity index (χ1v) is 10.7. The number of carbonyl (C=O) groups is 2. The number of hydrogen-bond donors (Lipinski definition) is 4. The molecule has 0 aliphatic heterocycles. The largest absolute Gasteiger partial charge is 0.447 e. The summed E-state index contributed by atoms with van der Waals surface area (Å²) in [5.41, 5.74) is 3.92. The van der Waals surface area contributed by atoms with E-state index in [1.807, 2.05) is 0 Å². The Morgan fingerprint density at radius 1 is 1.26 bits per heavy atom. The maximum Gasteiger partial charge on any atom is 0.415 e. The first-order valence-electron chi connectivity index (χ1n) is 10.3. The second-order valence-electron chi connectivity index (χ2n) is 7.47. The van der Waals surface area contributed by atoms with Gasteiger partial charge in [0.2, 0.25) is 5.91 Å². The van der Waals surface area contributed by atoms with Crippen LogP contribution in [-0.4, -0.2) is 64.6 Å². The van der Waals surface area contributed by atoms with Crippen LogP contribution in [0.15, 0.2) is 46.9 Å². The lowest BCUT2D eigenvalue weighted by molar-refractivity contribution is -0.126. The summed E-state index contributed by atoms with van der Waals surface area (Å²) in [7, 11) is 1.50. The van der Waals surface area contributed by atoms with Crippen molar-refractivity contribution in [3.63, 3.8) is 0 Å². The molecule has 0 fully saturated rings. The van der Waals surface area contributed by atoms with E-state index >= 15 is 0 Å². The van der Waals surface area contributed by atoms with Crippen LogP contribution in [0.5, 0.6) is 0 Å². The van der Waals surface area contributed by atoms with Gasteiger partial charge in [0.15, 0.2) is 5.58 Å². The highest BCUT2D eigenvalue weighted by molar-refractivity contribution is 6.31. The Morgan fingerprint density at radius 2 is 2.03 bits per heavy atom. The van der Waals surface area contributed by atoms with Crippen LogP contribution in [-0.2, 0) is 16.0 Å². The maximum atomic E-state index is 13.6. The van der Waals surface area contributed by atoms with E-state index < -0.39 is 36.6 Å². The van der Waals surface area contributed by atoms with Crippen molar-refractivity contribution < 1.29 is 33.3 Å². The molecule has 0 bridgehead atoms. The number of ether oxygens (including phenoxy) is 1. The molecule has 3 aromatic rings. The monoisotopic (exact) mass is 494 g/mol. The quantitative estimate of drug-likeness (QED) is 0.315. The molecule has 0 aliphatic carbocycles. The number of halogens is 2. The number of aliphatic hydroxyl groups is 2. The minimum absolute atomic E-state index is 0.0236. The fraction of sp³-hybridized carbons (Fsp3) is 0.318. The zero-order chi connectivity index (χ0) is 24.7. The number of hydrazine groups is 1. The molecule has 0 saturated carbocycles. The Morgan fingerprint density at radius 3 is 2.76 bits per heavy atom. The summed E-state index contributed by atoms with van der Waals surface area (Å²) in [5, 5.41) is 22.6. The predicted molar refractivity (Wildman–Crippen MR) is 121 cm³/mol. The zero-order valence-electron chi connectivity index (χ0n) is 18.2. The zero-order valence-corrected chi connectivity index (χ0v) is 19.0. The summed E-state index contributed by atoms with van der Waals surface area (Å²) in [6, 6.07) is 10.3. The van der Waals surface area contributed by atoms with Gasteiger partial charge in [0, 0.05) is 7.05 Å². The van der Waals surface area contributed by atoms with Crippen LogP contribution in [0.4, 0.5) is 15.2 Å². The number of likely N-dealkylation sites (N-methyl/N-ethyl adjacent to an activating group) is 1. The van der Waals surface area contributed by atoms with Crippen molar-refractivity contribution in [2.45, 2.75) is 25.0 Å². The molecule has 0 radical (unpaired) electrons. The Balaban J connectivity index is 1.58. The number of carbonyl (C=O) groups excluding carboxylic acids is 2. The van der Waals surface area contributed by atoms with E-state index in [1.54, 1.807) is 24.3 Å². The fourth-order valence-electron chi connectivity index (χ4n) is 3.13. The molecule has 10 nitrogen and oxygen atoms in total. The number of nitrogens with one attached hydrogen (secondary N) is 2. The van der Waals surface area contributed by atoms with Crippen LogP contribution in [0.25, 0.3) is 11.1 Å². The first kappa shape index (κ1) is 25.4. The van der Waals surface area contributed by atoms with Gasteiger partial charge < -0.3 is 19.4 Å². The summed E-state index contributed by atoms with van der Waals surface area (Å²) in [6.07, 6.45) is -2.20. The molecular weight excluding hydrogens is 471 g/mol. The number of aliphatic hydroxyl groups excluding tert-OH is 2. The lowest BCUT2D eigenvalue weighted by atomic mass is 10.1. The first-order chi connectivity index (χ1) is 16.3. The number of rotatable bonds is 10. The van der Waals surface area contributed by atoms with Crippen molar-refractivity contribution in [2.75, 3.05) is 25.6 Å². The van der Waals surface area contributed by atoms with E-state index in [2.05, 4.69) is 15.7 Å². The second kappa shape index (κ2) is 11.7. The van der Waals surface area contributed by atoms with Crippen LogP contribution in [0.1, 0.15) is 12.0 Å². The van der Waals surface area contributed by atoms with Gasteiger partial charge in [0.05, 0.1) is 30.2 Å². The fourth-order valence-corrected chi connectivity index (χ4v) is 3.33. The molecule has 2 aromatic carbocycles. The molecule has 0 aliphatic rings. The van der Waals surface area contributed by atoms with Gasteiger partial charge in [-0.1, -0.05) is 35.9 Å². The van der Waals surface area contributed by atoms with E-state index in [0.29, 0.717) is 16.7 Å². The van der Waals surface area contributed by atoms with Crippen LogP contribution in [0.2, 0.25) is 5.02 Å². The molecule has 34 heavy (non-hydrogen) atoms. The topological polar surface area (TPSA) is 137 Å². The molecule has 1 heterocycles. The van der Waals surface area contributed by atoms with E-state index in [0.717, 1.165) is 0 Å². The molecular formula is C22H24ClFN4O6. The van der Waals surface area contributed by atoms with E-state index in [4.69, 9.17) is 20.8 Å².